The van der Waals surface area contributed by atoms with Gasteiger partial charge in [0.05, 0.1) is 0 Å². The summed E-state index contributed by atoms with van der Waals surface area (Å²) in [6, 6.07) is 0. The van der Waals surface area contributed by atoms with Crippen molar-refractivity contribution >= 4 is 32.4 Å². The van der Waals surface area contributed by atoms with E-state index in [0.717, 1.165) is 0 Å². The molecule has 1 aromatic rings. The first-order valence-corrected chi connectivity index (χ1v) is 5.38. The number of anilines is 1. The Hall–Kier alpha value is -0.370. The Morgan fingerprint density at radius 1 is 1.36 bits per heavy atom. The summed E-state index contributed by atoms with van der Waals surface area (Å²) in [5.41, 5.74) is 0. The van der Waals surface area contributed by atoms with Gasteiger partial charge < -0.3 is 5.32 Å². The molecule has 14 heavy (non-hydrogen) atoms. The summed E-state index contributed by atoms with van der Waals surface area (Å²) in [5.74, 6) is 0. The second kappa shape index (κ2) is 4.92. The maximum Gasteiger partial charge on any atom is 0.389 e. The molecule has 0 aliphatic heterocycles. The molecule has 0 aliphatic rings. The van der Waals surface area contributed by atoms with Crippen molar-refractivity contribution in [2.75, 3.05) is 11.9 Å². The number of nitrogens with one attached hydrogen (secondary N) is 1. The number of hydrogen-bond donors (Lipinski definition) is 1. The number of hydrogen-bond acceptors (Lipinski definition) is 4. The first kappa shape index (κ1) is 11.7. The van der Waals surface area contributed by atoms with Crippen LogP contribution in [0.15, 0.2) is 3.92 Å². The Morgan fingerprint density at radius 2 is 2.07 bits per heavy atom. The second-order valence-electron chi connectivity index (χ2n) is 2.51. The molecule has 0 fully saturated rings. The lowest BCUT2D eigenvalue weighted by Gasteiger charge is -2.05. The lowest BCUT2D eigenvalue weighted by molar-refractivity contribution is -0.134. The van der Waals surface area contributed by atoms with E-state index >= 15 is 0 Å². The van der Waals surface area contributed by atoms with E-state index in [2.05, 4.69) is 31.4 Å². The Morgan fingerprint density at radius 3 is 2.57 bits per heavy atom. The summed E-state index contributed by atoms with van der Waals surface area (Å²) in [6.07, 6.45) is -4.82. The molecule has 0 radical (unpaired) electrons. The van der Waals surface area contributed by atoms with Crippen LogP contribution in [-0.4, -0.2) is 22.9 Å². The molecule has 0 aliphatic carbocycles. The summed E-state index contributed by atoms with van der Waals surface area (Å²) in [4.78, 5) is 0. The Kier molecular flexibility index (Phi) is 4.11. The number of aromatic nitrogens is 2. The van der Waals surface area contributed by atoms with E-state index in [1.54, 1.807) is 0 Å². The van der Waals surface area contributed by atoms with Gasteiger partial charge in [0.15, 0.2) is 3.92 Å². The van der Waals surface area contributed by atoms with Crippen molar-refractivity contribution in [2.24, 2.45) is 0 Å². The van der Waals surface area contributed by atoms with Gasteiger partial charge in [-0.1, -0.05) is 11.3 Å². The van der Waals surface area contributed by atoms with Crippen LogP contribution in [0.1, 0.15) is 12.8 Å². The highest BCUT2D eigenvalue weighted by molar-refractivity contribution is 9.11. The van der Waals surface area contributed by atoms with Crippen LogP contribution in [0.25, 0.3) is 0 Å². The molecule has 1 aromatic heterocycles. The van der Waals surface area contributed by atoms with Crippen LogP contribution in [-0.2, 0) is 0 Å². The van der Waals surface area contributed by atoms with Crippen LogP contribution < -0.4 is 5.32 Å². The third-order valence-corrected chi connectivity index (χ3v) is 2.63. The minimum absolute atomic E-state index is 0.0424. The van der Waals surface area contributed by atoms with Crippen LogP contribution >= 0.6 is 27.3 Å². The van der Waals surface area contributed by atoms with E-state index in [0.29, 0.717) is 9.05 Å². The largest absolute Gasteiger partial charge is 0.389 e. The highest BCUT2D eigenvalue weighted by atomic mass is 79.9. The van der Waals surface area contributed by atoms with Crippen LogP contribution in [0, 0.1) is 0 Å². The van der Waals surface area contributed by atoms with E-state index < -0.39 is 12.6 Å². The number of rotatable bonds is 4. The van der Waals surface area contributed by atoms with Gasteiger partial charge in [-0.05, 0) is 22.4 Å². The highest BCUT2D eigenvalue weighted by Gasteiger charge is 2.25. The fourth-order valence-corrected chi connectivity index (χ4v) is 1.80. The molecule has 80 valence electrons. The average Bonchev–Trinajstić information content (AvgIpc) is 2.44. The number of nitrogens with zero attached hydrogens (tertiary/aromatic N) is 2. The van der Waals surface area contributed by atoms with Crippen molar-refractivity contribution in [1.82, 2.24) is 10.2 Å². The third kappa shape index (κ3) is 4.75. The van der Waals surface area contributed by atoms with Crippen molar-refractivity contribution in [3.8, 4) is 0 Å². The molecule has 0 spiro atoms. The first-order valence-electron chi connectivity index (χ1n) is 3.77. The molecule has 8 heteroatoms. The van der Waals surface area contributed by atoms with Gasteiger partial charge in [-0.25, -0.2) is 0 Å². The van der Waals surface area contributed by atoms with E-state index in [4.69, 9.17) is 0 Å². The van der Waals surface area contributed by atoms with Crippen LogP contribution in [0.3, 0.4) is 0 Å². The summed E-state index contributed by atoms with van der Waals surface area (Å²) in [7, 11) is 0. The predicted octanol–water partition coefficient (Wildman–Crippen LogP) is 3.06. The van der Waals surface area contributed by atoms with Crippen LogP contribution in [0.5, 0.6) is 0 Å². The normalized spacial score (nSPS) is 11.7. The monoisotopic (exact) mass is 289 g/mol. The van der Waals surface area contributed by atoms with E-state index in [-0.39, 0.29) is 13.0 Å². The maximum absolute atomic E-state index is 11.7. The molecule has 0 saturated carbocycles. The third-order valence-electron chi connectivity index (χ3n) is 1.31. The van der Waals surface area contributed by atoms with Crippen molar-refractivity contribution in [1.29, 1.82) is 0 Å². The summed E-state index contributed by atoms with van der Waals surface area (Å²) >= 11 is 4.35. The van der Waals surface area contributed by atoms with Gasteiger partial charge in [-0.3, -0.25) is 0 Å². The SMILES string of the molecule is FC(F)(F)CCCNc1nnc(Br)s1. The molecule has 1 N–H and O–H groups in total. The van der Waals surface area contributed by atoms with E-state index in [1.165, 1.54) is 11.3 Å². The fourth-order valence-electron chi connectivity index (χ4n) is 0.761. The molecule has 0 unspecified atom stereocenters. The van der Waals surface area contributed by atoms with Crippen molar-refractivity contribution in [3.63, 3.8) is 0 Å². The van der Waals surface area contributed by atoms with Crippen molar-refractivity contribution in [3.05, 3.63) is 3.92 Å². The smallest absolute Gasteiger partial charge is 0.360 e. The van der Waals surface area contributed by atoms with Gasteiger partial charge in [0.25, 0.3) is 0 Å². The summed E-state index contributed by atoms with van der Waals surface area (Å²) in [6.45, 7) is 0.251. The van der Waals surface area contributed by atoms with Gasteiger partial charge in [-0.2, -0.15) is 13.2 Å². The predicted molar refractivity (Wildman–Crippen MR) is 51.4 cm³/mol. The summed E-state index contributed by atoms with van der Waals surface area (Å²) in [5, 5.41) is 10.6. The van der Waals surface area contributed by atoms with E-state index in [9.17, 15) is 13.2 Å². The molecule has 0 saturated heterocycles. The molecule has 3 nitrogen and oxygen atoms in total. The van der Waals surface area contributed by atoms with Gasteiger partial charge in [0, 0.05) is 13.0 Å². The zero-order valence-corrected chi connectivity index (χ0v) is 9.34. The minimum atomic E-state index is -4.08. The molecule has 0 bridgehead atoms. The Bertz CT molecular complexity index is 288. The zero-order valence-electron chi connectivity index (χ0n) is 6.94. The molecule has 0 amide bonds. The maximum atomic E-state index is 11.7. The van der Waals surface area contributed by atoms with Gasteiger partial charge >= 0.3 is 6.18 Å². The quantitative estimate of drug-likeness (QED) is 0.866. The zero-order chi connectivity index (χ0) is 10.6. The van der Waals surface area contributed by atoms with Gasteiger partial charge in [0.1, 0.15) is 0 Å². The topological polar surface area (TPSA) is 37.8 Å². The van der Waals surface area contributed by atoms with Gasteiger partial charge in [-0.15, -0.1) is 10.2 Å². The molecular formula is C6H7BrF3N3S. The van der Waals surface area contributed by atoms with E-state index in [1.807, 2.05) is 0 Å². The lowest BCUT2D eigenvalue weighted by atomic mass is 10.3. The fraction of sp³-hybridized carbons (Fsp3) is 0.667. The molecule has 1 rings (SSSR count). The lowest BCUT2D eigenvalue weighted by Crippen LogP contribution is -2.10. The molecule has 0 aromatic carbocycles. The van der Waals surface area contributed by atoms with Crippen LogP contribution in [0.2, 0.25) is 0 Å². The summed E-state index contributed by atoms with van der Waals surface area (Å²) < 4.78 is 35.8. The molecular weight excluding hydrogens is 283 g/mol. The van der Waals surface area contributed by atoms with Gasteiger partial charge in [0.2, 0.25) is 5.13 Å². The minimum Gasteiger partial charge on any atom is -0.360 e. The van der Waals surface area contributed by atoms with Crippen molar-refractivity contribution in [2.45, 2.75) is 19.0 Å². The molecule has 0 atom stereocenters. The highest BCUT2D eigenvalue weighted by Crippen LogP contribution is 2.22. The standard InChI is InChI=1S/C6H7BrF3N3S/c7-4-12-13-5(14-4)11-3-1-2-6(8,9)10/h1-3H2,(H,11,13). The average molecular weight is 290 g/mol. The first-order chi connectivity index (χ1) is 6.47. The number of alkyl halides is 3. The van der Waals surface area contributed by atoms with Crippen molar-refractivity contribution < 1.29 is 13.2 Å². The second-order valence-corrected chi connectivity index (χ2v) is 4.76. The number of halogens is 4. The Labute approximate surface area is 90.9 Å². The molecule has 1 heterocycles. The van der Waals surface area contributed by atoms with Crippen LogP contribution in [0.4, 0.5) is 18.3 Å². The Balaban J connectivity index is 2.16.